The zero-order valence-corrected chi connectivity index (χ0v) is 10.6. The van der Waals surface area contributed by atoms with Crippen molar-refractivity contribution >= 4 is 10.9 Å². The molecule has 19 heavy (non-hydrogen) atoms. The lowest BCUT2D eigenvalue weighted by molar-refractivity contribution is -0.0947. The summed E-state index contributed by atoms with van der Waals surface area (Å²) in [4.78, 5) is 16.6. The number of ether oxygens (including phenoxy) is 1. The molecule has 0 bridgehead atoms. The van der Waals surface area contributed by atoms with E-state index in [1.165, 1.54) is 10.9 Å². The van der Waals surface area contributed by atoms with E-state index in [4.69, 9.17) is 4.74 Å². The van der Waals surface area contributed by atoms with Gasteiger partial charge in [0.25, 0.3) is 5.56 Å². The Labute approximate surface area is 110 Å². The van der Waals surface area contributed by atoms with Gasteiger partial charge in [0.2, 0.25) is 0 Å². The van der Waals surface area contributed by atoms with Crippen molar-refractivity contribution in [1.82, 2.24) is 9.55 Å². The fraction of sp³-hybridized carbons (Fsp3) is 0.429. The van der Waals surface area contributed by atoms with Gasteiger partial charge in [-0.2, -0.15) is 0 Å². The second kappa shape index (κ2) is 4.75. The average Bonchev–Trinajstić information content (AvgIpc) is 2.43. The lowest BCUT2D eigenvalue weighted by Gasteiger charge is -2.32. The standard InChI is InChI=1S/C14H16N2O3/c17-13-11-4-1-2-5-12(11)15-10-16(13)8-14(18)6-3-7-19-9-14/h1-2,4-5,10,18H,3,6-9H2. The molecule has 0 amide bonds. The quantitative estimate of drug-likeness (QED) is 0.872. The third kappa shape index (κ3) is 2.39. The van der Waals surface area contributed by atoms with Crippen LogP contribution in [0.4, 0.5) is 0 Å². The summed E-state index contributed by atoms with van der Waals surface area (Å²) >= 11 is 0. The predicted octanol–water partition coefficient (Wildman–Crippen LogP) is 0.938. The van der Waals surface area contributed by atoms with Gasteiger partial charge in [-0.3, -0.25) is 9.36 Å². The fourth-order valence-electron chi connectivity index (χ4n) is 2.50. The molecule has 2 aromatic rings. The maximum absolute atomic E-state index is 12.3. The molecule has 1 aromatic carbocycles. The number of hydrogen-bond acceptors (Lipinski definition) is 4. The van der Waals surface area contributed by atoms with Gasteiger partial charge in [-0.15, -0.1) is 0 Å². The second-order valence-corrected chi connectivity index (χ2v) is 5.08. The first kappa shape index (κ1) is 12.3. The van der Waals surface area contributed by atoms with Crippen molar-refractivity contribution in [3.63, 3.8) is 0 Å². The van der Waals surface area contributed by atoms with Crippen molar-refractivity contribution in [2.45, 2.75) is 25.0 Å². The molecule has 1 unspecified atom stereocenters. The summed E-state index contributed by atoms with van der Waals surface area (Å²) in [7, 11) is 0. The summed E-state index contributed by atoms with van der Waals surface area (Å²) in [5.41, 5.74) is -0.410. The van der Waals surface area contributed by atoms with Gasteiger partial charge < -0.3 is 9.84 Å². The number of para-hydroxylation sites is 1. The van der Waals surface area contributed by atoms with Gasteiger partial charge in [-0.25, -0.2) is 4.98 Å². The molecule has 0 saturated carbocycles. The molecule has 1 aliphatic heterocycles. The molecule has 3 rings (SSSR count). The minimum Gasteiger partial charge on any atom is -0.386 e. The smallest absolute Gasteiger partial charge is 0.261 e. The summed E-state index contributed by atoms with van der Waals surface area (Å²) in [6.45, 7) is 1.17. The van der Waals surface area contributed by atoms with Crippen LogP contribution in [0.3, 0.4) is 0 Å². The monoisotopic (exact) mass is 260 g/mol. The summed E-state index contributed by atoms with van der Waals surface area (Å²) in [6.07, 6.45) is 2.95. The number of benzene rings is 1. The number of aromatic nitrogens is 2. The van der Waals surface area contributed by atoms with E-state index in [2.05, 4.69) is 4.98 Å². The van der Waals surface area contributed by atoms with Crippen molar-refractivity contribution in [2.75, 3.05) is 13.2 Å². The van der Waals surface area contributed by atoms with Crippen LogP contribution in [0.15, 0.2) is 35.4 Å². The van der Waals surface area contributed by atoms with Gasteiger partial charge in [0.15, 0.2) is 0 Å². The summed E-state index contributed by atoms with van der Waals surface area (Å²) in [5.74, 6) is 0. The predicted molar refractivity (Wildman–Crippen MR) is 71.0 cm³/mol. The highest BCUT2D eigenvalue weighted by Crippen LogP contribution is 2.20. The summed E-state index contributed by atoms with van der Waals surface area (Å²) in [6, 6.07) is 7.22. The van der Waals surface area contributed by atoms with Crippen LogP contribution in [0.2, 0.25) is 0 Å². The second-order valence-electron chi connectivity index (χ2n) is 5.08. The van der Waals surface area contributed by atoms with Crippen LogP contribution < -0.4 is 5.56 Å². The first-order chi connectivity index (χ1) is 9.18. The summed E-state index contributed by atoms with van der Waals surface area (Å²) < 4.78 is 6.77. The molecule has 0 radical (unpaired) electrons. The Morgan fingerprint density at radius 1 is 1.42 bits per heavy atom. The SMILES string of the molecule is O=c1c2ccccc2ncn1CC1(O)CCCOC1. The molecule has 0 spiro atoms. The van der Waals surface area contributed by atoms with Crippen LogP contribution in [-0.4, -0.2) is 33.5 Å². The Balaban J connectivity index is 1.97. The average molecular weight is 260 g/mol. The number of aliphatic hydroxyl groups is 1. The Bertz CT molecular complexity index is 644. The number of nitrogens with zero attached hydrogens (tertiary/aromatic N) is 2. The minimum absolute atomic E-state index is 0.121. The Morgan fingerprint density at radius 3 is 3.05 bits per heavy atom. The lowest BCUT2D eigenvalue weighted by atomic mass is 9.96. The molecular weight excluding hydrogens is 244 g/mol. The van der Waals surface area contributed by atoms with Crippen LogP contribution in [0.5, 0.6) is 0 Å². The highest BCUT2D eigenvalue weighted by molar-refractivity contribution is 5.76. The lowest BCUT2D eigenvalue weighted by Crippen LogP contribution is -2.44. The third-order valence-corrected chi connectivity index (χ3v) is 3.50. The van der Waals surface area contributed by atoms with E-state index < -0.39 is 5.60 Å². The van der Waals surface area contributed by atoms with Crippen LogP contribution in [-0.2, 0) is 11.3 Å². The highest BCUT2D eigenvalue weighted by atomic mass is 16.5. The van der Waals surface area contributed by atoms with Gasteiger partial charge in [0.05, 0.1) is 30.4 Å². The minimum atomic E-state index is -0.966. The highest BCUT2D eigenvalue weighted by Gasteiger charge is 2.31. The zero-order chi connectivity index (χ0) is 13.3. The van der Waals surface area contributed by atoms with Crippen molar-refractivity contribution in [1.29, 1.82) is 0 Å². The third-order valence-electron chi connectivity index (χ3n) is 3.50. The van der Waals surface area contributed by atoms with Crippen LogP contribution in [0, 0.1) is 0 Å². The molecule has 5 heteroatoms. The molecule has 1 aromatic heterocycles. The van der Waals surface area contributed by atoms with E-state index in [1.807, 2.05) is 12.1 Å². The zero-order valence-electron chi connectivity index (χ0n) is 10.6. The number of rotatable bonds is 2. The molecule has 1 atom stereocenters. The van der Waals surface area contributed by atoms with Crippen molar-refractivity contribution in [3.8, 4) is 0 Å². The van der Waals surface area contributed by atoms with Gasteiger partial charge in [0.1, 0.15) is 5.60 Å². The molecule has 100 valence electrons. The van der Waals surface area contributed by atoms with Crippen LogP contribution in [0.25, 0.3) is 10.9 Å². The van der Waals surface area contributed by atoms with Crippen LogP contribution in [0.1, 0.15) is 12.8 Å². The van der Waals surface area contributed by atoms with E-state index in [-0.39, 0.29) is 18.7 Å². The maximum atomic E-state index is 12.3. The van der Waals surface area contributed by atoms with Gasteiger partial charge in [0, 0.05) is 6.61 Å². The molecule has 5 nitrogen and oxygen atoms in total. The fourth-order valence-corrected chi connectivity index (χ4v) is 2.50. The molecule has 1 N–H and O–H groups in total. The van der Waals surface area contributed by atoms with E-state index in [0.29, 0.717) is 23.9 Å². The Kier molecular flexibility index (Phi) is 3.08. The maximum Gasteiger partial charge on any atom is 0.261 e. The molecule has 1 saturated heterocycles. The van der Waals surface area contributed by atoms with Crippen LogP contribution >= 0.6 is 0 Å². The van der Waals surface area contributed by atoms with E-state index in [1.54, 1.807) is 12.1 Å². The summed E-state index contributed by atoms with van der Waals surface area (Å²) in [5, 5.41) is 11.0. The van der Waals surface area contributed by atoms with E-state index >= 15 is 0 Å². The van der Waals surface area contributed by atoms with E-state index in [0.717, 1.165) is 6.42 Å². The van der Waals surface area contributed by atoms with E-state index in [9.17, 15) is 9.90 Å². The molecule has 1 aliphatic rings. The largest absolute Gasteiger partial charge is 0.386 e. The number of hydrogen-bond donors (Lipinski definition) is 1. The molecule has 1 fully saturated rings. The van der Waals surface area contributed by atoms with Crippen molar-refractivity contribution < 1.29 is 9.84 Å². The topological polar surface area (TPSA) is 64.4 Å². The Morgan fingerprint density at radius 2 is 2.26 bits per heavy atom. The first-order valence-corrected chi connectivity index (χ1v) is 6.42. The van der Waals surface area contributed by atoms with Crippen molar-refractivity contribution in [2.24, 2.45) is 0 Å². The van der Waals surface area contributed by atoms with Gasteiger partial charge >= 0.3 is 0 Å². The molecule has 2 heterocycles. The van der Waals surface area contributed by atoms with Gasteiger partial charge in [-0.05, 0) is 25.0 Å². The molecular formula is C14H16N2O3. The first-order valence-electron chi connectivity index (χ1n) is 6.42. The number of fused-ring (bicyclic) bond motifs is 1. The van der Waals surface area contributed by atoms with Crippen molar-refractivity contribution in [3.05, 3.63) is 40.9 Å². The Hall–Kier alpha value is -1.72. The van der Waals surface area contributed by atoms with Gasteiger partial charge in [-0.1, -0.05) is 12.1 Å². The normalized spacial score (nSPS) is 23.6. The molecule has 0 aliphatic carbocycles.